The SMILES string of the molecule is COc1ccc(OC)c(C2c3c(OCc4ccccc4)ccc(OCc4ccccc4)c3C(=O)C2O)c1. The van der Waals surface area contributed by atoms with Crippen molar-refractivity contribution in [2.45, 2.75) is 25.2 Å². The normalized spacial score (nSPS) is 16.2. The van der Waals surface area contributed by atoms with Crippen molar-refractivity contribution in [3.05, 3.63) is 119 Å². The molecule has 188 valence electrons. The van der Waals surface area contributed by atoms with Gasteiger partial charge in [-0.15, -0.1) is 0 Å². The van der Waals surface area contributed by atoms with Gasteiger partial charge >= 0.3 is 0 Å². The molecule has 2 unspecified atom stereocenters. The quantitative estimate of drug-likeness (QED) is 0.328. The molecule has 0 radical (unpaired) electrons. The zero-order valence-corrected chi connectivity index (χ0v) is 20.7. The second kappa shape index (κ2) is 10.8. The van der Waals surface area contributed by atoms with Gasteiger partial charge in [0.05, 0.1) is 25.7 Å². The van der Waals surface area contributed by atoms with E-state index < -0.39 is 17.8 Å². The second-order valence-corrected chi connectivity index (χ2v) is 8.79. The lowest BCUT2D eigenvalue weighted by atomic mass is 9.89. The Hall–Kier alpha value is -4.29. The van der Waals surface area contributed by atoms with Gasteiger partial charge in [-0.2, -0.15) is 0 Å². The van der Waals surface area contributed by atoms with Crippen molar-refractivity contribution < 1.29 is 28.8 Å². The predicted molar refractivity (Wildman–Crippen MR) is 140 cm³/mol. The molecule has 0 aromatic heterocycles. The summed E-state index contributed by atoms with van der Waals surface area (Å²) >= 11 is 0. The lowest BCUT2D eigenvalue weighted by Crippen LogP contribution is -2.21. The molecule has 4 aromatic rings. The van der Waals surface area contributed by atoms with Crippen molar-refractivity contribution in [3.8, 4) is 23.0 Å². The van der Waals surface area contributed by atoms with Gasteiger partial charge in [-0.3, -0.25) is 4.79 Å². The number of ketones is 1. The van der Waals surface area contributed by atoms with E-state index in [2.05, 4.69) is 0 Å². The molecule has 0 saturated carbocycles. The van der Waals surface area contributed by atoms with Crippen LogP contribution in [0.2, 0.25) is 0 Å². The number of fused-ring (bicyclic) bond motifs is 1. The largest absolute Gasteiger partial charge is 0.497 e. The van der Waals surface area contributed by atoms with Crippen LogP contribution in [0.3, 0.4) is 0 Å². The molecule has 0 heterocycles. The number of Topliss-reactive ketones (excluding diaryl/α,β-unsaturated/α-hetero) is 1. The molecule has 0 aliphatic heterocycles. The third-order valence-electron chi connectivity index (χ3n) is 6.56. The third-order valence-corrected chi connectivity index (χ3v) is 6.56. The Morgan fingerprint density at radius 1 is 0.703 bits per heavy atom. The fraction of sp³-hybridized carbons (Fsp3) is 0.194. The van der Waals surface area contributed by atoms with Crippen LogP contribution in [0.5, 0.6) is 23.0 Å². The zero-order chi connectivity index (χ0) is 25.8. The topological polar surface area (TPSA) is 74.2 Å². The maximum absolute atomic E-state index is 13.5. The monoisotopic (exact) mass is 496 g/mol. The third kappa shape index (κ3) is 4.88. The summed E-state index contributed by atoms with van der Waals surface area (Å²) in [7, 11) is 3.13. The van der Waals surface area contributed by atoms with E-state index in [4.69, 9.17) is 18.9 Å². The molecule has 2 atom stereocenters. The number of hydrogen-bond acceptors (Lipinski definition) is 6. The zero-order valence-electron chi connectivity index (χ0n) is 20.7. The summed E-state index contributed by atoms with van der Waals surface area (Å²) in [5, 5.41) is 11.3. The number of ether oxygens (including phenoxy) is 4. The molecular formula is C31H28O6. The molecule has 0 bridgehead atoms. The Morgan fingerprint density at radius 3 is 1.86 bits per heavy atom. The van der Waals surface area contributed by atoms with Crippen LogP contribution in [0.1, 0.15) is 38.5 Å². The van der Waals surface area contributed by atoms with Crippen LogP contribution in [-0.4, -0.2) is 31.2 Å². The van der Waals surface area contributed by atoms with Crippen LogP contribution in [0.15, 0.2) is 91.0 Å². The summed E-state index contributed by atoms with van der Waals surface area (Å²) in [6.45, 7) is 0.595. The highest BCUT2D eigenvalue weighted by Crippen LogP contribution is 2.50. The first kappa shape index (κ1) is 24.4. The van der Waals surface area contributed by atoms with Gasteiger partial charge in [0.15, 0.2) is 5.78 Å². The number of benzene rings is 4. The van der Waals surface area contributed by atoms with Crippen LogP contribution in [0.4, 0.5) is 0 Å². The maximum atomic E-state index is 13.5. The lowest BCUT2D eigenvalue weighted by molar-refractivity contribution is 0.0749. The Bertz CT molecular complexity index is 1380. The molecule has 1 aliphatic rings. The van der Waals surface area contributed by atoms with Gasteiger partial charge in [0, 0.05) is 11.1 Å². The first-order chi connectivity index (χ1) is 18.1. The van der Waals surface area contributed by atoms with Crippen molar-refractivity contribution in [2.24, 2.45) is 0 Å². The Morgan fingerprint density at radius 2 is 1.27 bits per heavy atom. The molecule has 0 spiro atoms. The van der Waals surface area contributed by atoms with Crippen LogP contribution in [0.25, 0.3) is 0 Å². The van der Waals surface area contributed by atoms with Crippen molar-refractivity contribution >= 4 is 5.78 Å². The molecule has 6 heteroatoms. The second-order valence-electron chi connectivity index (χ2n) is 8.79. The summed E-state index contributed by atoms with van der Waals surface area (Å²) in [5.41, 5.74) is 3.49. The Labute approximate surface area is 216 Å². The molecule has 4 aromatic carbocycles. The number of rotatable bonds is 9. The Kier molecular flexibility index (Phi) is 7.10. The summed E-state index contributed by atoms with van der Waals surface area (Å²) in [6, 6.07) is 28.4. The average molecular weight is 497 g/mol. The van der Waals surface area contributed by atoms with Gasteiger partial charge in [0.2, 0.25) is 0 Å². The molecule has 5 rings (SSSR count). The van der Waals surface area contributed by atoms with Crippen LogP contribution in [0, 0.1) is 0 Å². The van der Waals surface area contributed by atoms with Gasteiger partial charge in [-0.1, -0.05) is 60.7 Å². The average Bonchev–Trinajstić information content (AvgIpc) is 3.22. The first-order valence-electron chi connectivity index (χ1n) is 12.0. The summed E-state index contributed by atoms with van der Waals surface area (Å²) in [6.07, 6.45) is -1.34. The van der Waals surface area contributed by atoms with Crippen LogP contribution in [-0.2, 0) is 13.2 Å². The van der Waals surface area contributed by atoms with Crippen molar-refractivity contribution in [1.29, 1.82) is 0 Å². The molecule has 0 fully saturated rings. The van der Waals surface area contributed by atoms with Gasteiger partial charge in [-0.05, 0) is 41.5 Å². The lowest BCUT2D eigenvalue weighted by Gasteiger charge is -2.22. The molecule has 1 N–H and O–H groups in total. The fourth-order valence-electron chi connectivity index (χ4n) is 4.73. The van der Waals surface area contributed by atoms with Crippen molar-refractivity contribution in [3.63, 3.8) is 0 Å². The number of methoxy groups -OCH3 is 2. The van der Waals surface area contributed by atoms with E-state index in [0.29, 0.717) is 46.3 Å². The standard InChI is InChI=1S/C31H28O6/c1-34-22-13-14-24(35-2)23(17-22)27-28-25(36-18-20-9-5-3-6-10-20)15-16-26(29(28)31(33)30(27)32)37-19-21-11-7-4-8-12-21/h3-17,27,30,32H,18-19H2,1-2H3. The Balaban J connectivity index is 1.60. The van der Waals surface area contributed by atoms with Crippen molar-refractivity contribution in [2.75, 3.05) is 14.2 Å². The predicted octanol–water partition coefficient (Wildman–Crippen LogP) is 5.55. The van der Waals surface area contributed by atoms with E-state index in [1.807, 2.05) is 60.7 Å². The number of hydrogen-bond donors (Lipinski definition) is 1. The number of carbonyl (C=O) groups excluding carboxylic acids is 1. The smallest absolute Gasteiger partial charge is 0.196 e. The van der Waals surface area contributed by atoms with Crippen molar-refractivity contribution in [1.82, 2.24) is 0 Å². The summed E-state index contributed by atoms with van der Waals surface area (Å²) < 4.78 is 23.4. The minimum atomic E-state index is -1.34. The van der Waals surface area contributed by atoms with Gasteiger partial charge < -0.3 is 24.1 Å². The van der Waals surface area contributed by atoms with Gasteiger partial charge in [-0.25, -0.2) is 0 Å². The number of aliphatic hydroxyl groups excluding tert-OH is 1. The number of aliphatic hydroxyl groups is 1. The summed E-state index contributed by atoms with van der Waals surface area (Å²) in [5.74, 6) is 0.893. The van der Waals surface area contributed by atoms with Gasteiger partial charge in [0.1, 0.15) is 42.3 Å². The number of carbonyl (C=O) groups is 1. The minimum absolute atomic E-state index is 0.286. The van der Waals surface area contributed by atoms with E-state index >= 15 is 0 Å². The molecule has 0 amide bonds. The van der Waals surface area contributed by atoms with Crippen LogP contribution >= 0.6 is 0 Å². The van der Waals surface area contributed by atoms with E-state index in [1.54, 1.807) is 44.6 Å². The van der Waals surface area contributed by atoms with Gasteiger partial charge in [0.25, 0.3) is 0 Å². The maximum Gasteiger partial charge on any atom is 0.196 e. The fourth-order valence-corrected chi connectivity index (χ4v) is 4.73. The summed E-state index contributed by atoms with van der Waals surface area (Å²) in [4.78, 5) is 13.5. The molecule has 0 saturated heterocycles. The van der Waals surface area contributed by atoms with E-state index in [1.165, 1.54) is 0 Å². The molecular weight excluding hydrogens is 468 g/mol. The molecule has 6 nitrogen and oxygen atoms in total. The highest BCUT2D eigenvalue weighted by molar-refractivity contribution is 6.08. The highest BCUT2D eigenvalue weighted by atomic mass is 16.5. The first-order valence-corrected chi connectivity index (χ1v) is 12.0. The highest BCUT2D eigenvalue weighted by Gasteiger charge is 2.45. The van der Waals surface area contributed by atoms with E-state index in [9.17, 15) is 9.90 Å². The minimum Gasteiger partial charge on any atom is -0.497 e. The molecule has 37 heavy (non-hydrogen) atoms. The van der Waals surface area contributed by atoms with E-state index in [0.717, 1.165) is 11.1 Å². The van der Waals surface area contributed by atoms with E-state index in [-0.39, 0.29) is 6.61 Å². The molecule has 1 aliphatic carbocycles. The van der Waals surface area contributed by atoms with Crippen LogP contribution < -0.4 is 18.9 Å².